The van der Waals surface area contributed by atoms with Crippen molar-refractivity contribution in [2.75, 3.05) is 33.2 Å². The Labute approximate surface area is 126 Å². The number of benzene rings is 1. The second kappa shape index (κ2) is 6.33. The molecule has 1 saturated heterocycles. The van der Waals surface area contributed by atoms with Crippen molar-refractivity contribution >= 4 is 11.6 Å². The van der Waals surface area contributed by atoms with Gasteiger partial charge >= 0.3 is 0 Å². The van der Waals surface area contributed by atoms with Gasteiger partial charge in [-0.15, -0.1) is 0 Å². The van der Waals surface area contributed by atoms with Crippen molar-refractivity contribution in [3.05, 3.63) is 28.8 Å². The Morgan fingerprint density at radius 2 is 2.10 bits per heavy atom. The molecule has 0 bridgehead atoms. The number of rotatable bonds is 4. The summed E-state index contributed by atoms with van der Waals surface area (Å²) in [5.74, 6) is 1.84. The number of nitrogens with one attached hydrogen (secondary N) is 1. The maximum atomic E-state index is 6.03. The molecule has 0 spiro atoms. The standard InChI is InChI=1S/C16H23ClN2O/c1-19(10-12-4-6-18-7-5-12)11-15-9-13-8-14(17)2-3-16(13)20-15/h2-3,8,12,15,18H,4-7,9-11H2,1H3. The summed E-state index contributed by atoms with van der Waals surface area (Å²) in [6.45, 7) is 4.51. The Kier molecular flexibility index (Phi) is 4.49. The van der Waals surface area contributed by atoms with Crippen LogP contribution in [-0.4, -0.2) is 44.2 Å². The fourth-order valence-corrected chi connectivity index (χ4v) is 3.51. The molecule has 2 aliphatic heterocycles. The highest BCUT2D eigenvalue weighted by Crippen LogP contribution is 2.31. The van der Waals surface area contributed by atoms with Crippen molar-refractivity contribution in [3.8, 4) is 5.75 Å². The molecule has 3 rings (SSSR count). The second-order valence-corrected chi connectivity index (χ2v) is 6.55. The lowest BCUT2D eigenvalue weighted by Crippen LogP contribution is -2.38. The lowest BCUT2D eigenvalue weighted by Gasteiger charge is -2.28. The largest absolute Gasteiger partial charge is 0.488 e. The monoisotopic (exact) mass is 294 g/mol. The SMILES string of the molecule is CN(CC1CCNCC1)CC1Cc2cc(Cl)ccc2O1. The molecule has 4 heteroatoms. The van der Waals surface area contributed by atoms with Gasteiger partial charge in [0.25, 0.3) is 0 Å². The number of nitrogens with zero attached hydrogens (tertiary/aromatic N) is 1. The average molecular weight is 295 g/mol. The molecule has 1 aromatic rings. The van der Waals surface area contributed by atoms with E-state index in [0.717, 1.165) is 29.7 Å². The van der Waals surface area contributed by atoms with E-state index < -0.39 is 0 Å². The van der Waals surface area contributed by atoms with Gasteiger partial charge in [0.05, 0.1) is 0 Å². The summed E-state index contributed by atoms with van der Waals surface area (Å²) in [6, 6.07) is 5.93. The van der Waals surface area contributed by atoms with E-state index in [9.17, 15) is 0 Å². The van der Waals surface area contributed by atoms with Crippen LogP contribution in [0, 0.1) is 5.92 Å². The number of piperidine rings is 1. The van der Waals surface area contributed by atoms with E-state index in [1.807, 2.05) is 18.2 Å². The lowest BCUT2D eigenvalue weighted by molar-refractivity contribution is 0.149. The molecule has 1 fully saturated rings. The van der Waals surface area contributed by atoms with Crippen LogP contribution in [-0.2, 0) is 6.42 Å². The van der Waals surface area contributed by atoms with Gasteiger partial charge < -0.3 is 15.0 Å². The van der Waals surface area contributed by atoms with E-state index in [-0.39, 0.29) is 6.10 Å². The summed E-state index contributed by atoms with van der Waals surface area (Å²) in [5.41, 5.74) is 1.25. The van der Waals surface area contributed by atoms with Crippen molar-refractivity contribution in [3.63, 3.8) is 0 Å². The topological polar surface area (TPSA) is 24.5 Å². The van der Waals surface area contributed by atoms with E-state index in [1.165, 1.54) is 38.0 Å². The molecule has 110 valence electrons. The van der Waals surface area contributed by atoms with Crippen LogP contribution in [0.15, 0.2) is 18.2 Å². The van der Waals surface area contributed by atoms with E-state index in [2.05, 4.69) is 17.3 Å². The van der Waals surface area contributed by atoms with Gasteiger partial charge in [0.1, 0.15) is 11.9 Å². The number of ether oxygens (including phenoxy) is 1. The molecule has 1 N–H and O–H groups in total. The number of fused-ring (bicyclic) bond motifs is 1. The predicted octanol–water partition coefficient (Wildman–Crippen LogP) is 2.57. The van der Waals surface area contributed by atoms with Crippen LogP contribution in [0.25, 0.3) is 0 Å². The zero-order chi connectivity index (χ0) is 13.9. The third-order valence-electron chi connectivity index (χ3n) is 4.31. The Morgan fingerprint density at radius 1 is 1.30 bits per heavy atom. The molecular formula is C16H23ClN2O. The molecule has 0 aliphatic carbocycles. The molecule has 1 atom stereocenters. The minimum Gasteiger partial charge on any atom is -0.488 e. The van der Waals surface area contributed by atoms with Crippen LogP contribution >= 0.6 is 11.6 Å². The molecule has 0 aromatic heterocycles. The van der Waals surface area contributed by atoms with Crippen LogP contribution in [0.3, 0.4) is 0 Å². The molecular weight excluding hydrogens is 272 g/mol. The summed E-state index contributed by atoms with van der Waals surface area (Å²) in [6.07, 6.45) is 3.85. The maximum absolute atomic E-state index is 6.03. The first-order valence-corrected chi connectivity index (χ1v) is 7.93. The second-order valence-electron chi connectivity index (χ2n) is 6.11. The van der Waals surface area contributed by atoms with Crippen LogP contribution in [0.4, 0.5) is 0 Å². The maximum Gasteiger partial charge on any atom is 0.123 e. The third-order valence-corrected chi connectivity index (χ3v) is 4.54. The first-order chi connectivity index (χ1) is 9.70. The molecule has 2 aliphatic rings. The Bertz CT molecular complexity index is 460. The van der Waals surface area contributed by atoms with Crippen molar-refractivity contribution < 1.29 is 4.74 Å². The molecule has 1 unspecified atom stereocenters. The van der Waals surface area contributed by atoms with Gasteiger partial charge in [-0.1, -0.05) is 11.6 Å². The Morgan fingerprint density at radius 3 is 2.90 bits per heavy atom. The highest BCUT2D eigenvalue weighted by Gasteiger charge is 2.25. The Hall–Kier alpha value is -0.770. The van der Waals surface area contributed by atoms with Crippen LogP contribution in [0.5, 0.6) is 5.75 Å². The minimum atomic E-state index is 0.273. The van der Waals surface area contributed by atoms with Crippen molar-refractivity contribution in [2.45, 2.75) is 25.4 Å². The smallest absolute Gasteiger partial charge is 0.123 e. The highest BCUT2D eigenvalue weighted by molar-refractivity contribution is 6.30. The van der Waals surface area contributed by atoms with E-state index >= 15 is 0 Å². The molecule has 0 amide bonds. The first-order valence-electron chi connectivity index (χ1n) is 7.55. The minimum absolute atomic E-state index is 0.273. The number of hydrogen-bond donors (Lipinski definition) is 1. The van der Waals surface area contributed by atoms with Gasteiger partial charge in [0.15, 0.2) is 0 Å². The van der Waals surface area contributed by atoms with E-state index in [1.54, 1.807) is 0 Å². The fraction of sp³-hybridized carbons (Fsp3) is 0.625. The van der Waals surface area contributed by atoms with Crippen molar-refractivity contribution in [1.29, 1.82) is 0 Å². The van der Waals surface area contributed by atoms with Crippen molar-refractivity contribution in [1.82, 2.24) is 10.2 Å². The average Bonchev–Trinajstić information content (AvgIpc) is 2.80. The van der Waals surface area contributed by atoms with Crippen LogP contribution in [0.1, 0.15) is 18.4 Å². The number of likely N-dealkylation sites (N-methyl/N-ethyl adjacent to an activating group) is 1. The summed E-state index contributed by atoms with van der Waals surface area (Å²) < 4.78 is 6.01. The van der Waals surface area contributed by atoms with Crippen molar-refractivity contribution in [2.24, 2.45) is 5.92 Å². The normalized spacial score (nSPS) is 22.9. The van der Waals surface area contributed by atoms with Gasteiger partial charge in [0.2, 0.25) is 0 Å². The van der Waals surface area contributed by atoms with Gasteiger partial charge in [-0.05, 0) is 62.7 Å². The van der Waals surface area contributed by atoms with E-state index in [4.69, 9.17) is 16.3 Å². The molecule has 3 nitrogen and oxygen atoms in total. The lowest BCUT2D eigenvalue weighted by atomic mass is 9.97. The van der Waals surface area contributed by atoms with Crippen LogP contribution < -0.4 is 10.1 Å². The summed E-state index contributed by atoms with van der Waals surface area (Å²) in [5, 5.41) is 4.22. The van der Waals surface area contributed by atoms with Gasteiger partial charge in [-0.3, -0.25) is 0 Å². The fourth-order valence-electron chi connectivity index (χ4n) is 3.32. The predicted molar refractivity (Wildman–Crippen MR) is 82.7 cm³/mol. The molecule has 1 aromatic carbocycles. The van der Waals surface area contributed by atoms with Crippen LogP contribution in [0.2, 0.25) is 5.02 Å². The van der Waals surface area contributed by atoms with Gasteiger partial charge in [-0.25, -0.2) is 0 Å². The third kappa shape index (κ3) is 3.46. The molecule has 0 radical (unpaired) electrons. The molecule has 2 heterocycles. The first kappa shape index (κ1) is 14.2. The highest BCUT2D eigenvalue weighted by atomic mass is 35.5. The zero-order valence-electron chi connectivity index (χ0n) is 12.1. The summed E-state index contributed by atoms with van der Waals surface area (Å²) in [4.78, 5) is 2.42. The summed E-state index contributed by atoms with van der Waals surface area (Å²) >= 11 is 6.03. The Balaban J connectivity index is 1.49. The molecule has 0 saturated carbocycles. The zero-order valence-corrected chi connectivity index (χ0v) is 12.8. The molecule has 20 heavy (non-hydrogen) atoms. The summed E-state index contributed by atoms with van der Waals surface area (Å²) in [7, 11) is 2.21. The van der Waals surface area contributed by atoms with Gasteiger partial charge in [-0.2, -0.15) is 0 Å². The number of halogens is 1. The van der Waals surface area contributed by atoms with E-state index in [0.29, 0.717) is 0 Å². The number of hydrogen-bond acceptors (Lipinski definition) is 3. The quantitative estimate of drug-likeness (QED) is 0.924. The van der Waals surface area contributed by atoms with Gasteiger partial charge in [0, 0.05) is 24.5 Å².